The predicted octanol–water partition coefficient (Wildman–Crippen LogP) is 0.575. The van der Waals surface area contributed by atoms with E-state index >= 15 is 0 Å². The summed E-state index contributed by atoms with van der Waals surface area (Å²) < 4.78 is 28.8. The molecular formula is C13H16N4O2S2. The number of hydrogen-bond acceptors (Lipinski definition) is 4. The van der Waals surface area contributed by atoms with Crippen molar-refractivity contribution in [1.29, 1.82) is 0 Å². The third-order valence-corrected chi connectivity index (χ3v) is 4.62. The molecule has 0 radical (unpaired) electrons. The van der Waals surface area contributed by atoms with E-state index in [0.717, 1.165) is 5.69 Å². The van der Waals surface area contributed by atoms with Gasteiger partial charge in [-0.15, -0.1) is 0 Å². The fourth-order valence-electron chi connectivity index (χ4n) is 1.89. The average molecular weight is 324 g/mol. The fourth-order valence-corrected chi connectivity index (χ4v) is 3.39. The van der Waals surface area contributed by atoms with Crippen LogP contribution in [-0.2, 0) is 23.5 Å². The lowest BCUT2D eigenvalue weighted by molar-refractivity contribution is 0.581. The van der Waals surface area contributed by atoms with Crippen molar-refractivity contribution >= 4 is 27.2 Å². The summed E-state index contributed by atoms with van der Waals surface area (Å²) in [4.78, 5) is 0.152. The van der Waals surface area contributed by atoms with Crippen LogP contribution < -0.4 is 10.5 Å². The minimum absolute atomic E-state index is 0.0562. The Balaban J connectivity index is 2.10. The van der Waals surface area contributed by atoms with E-state index in [-0.39, 0.29) is 16.4 Å². The van der Waals surface area contributed by atoms with Crippen molar-refractivity contribution in [2.24, 2.45) is 12.8 Å². The molecule has 0 unspecified atom stereocenters. The van der Waals surface area contributed by atoms with E-state index in [1.165, 1.54) is 6.07 Å². The lowest BCUT2D eigenvalue weighted by Gasteiger charge is -2.10. The summed E-state index contributed by atoms with van der Waals surface area (Å²) in [6.45, 7) is 0.255. The number of nitrogens with one attached hydrogen (secondary N) is 1. The number of nitrogens with two attached hydrogens (primary N) is 1. The van der Waals surface area contributed by atoms with Gasteiger partial charge in [0.1, 0.15) is 4.99 Å². The van der Waals surface area contributed by atoms with E-state index in [1.807, 2.05) is 19.3 Å². The molecule has 2 rings (SSSR count). The average Bonchev–Trinajstić information content (AvgIpc) is 2.84. The number of thiocarbonyl (C=S) groups is 1. The van der Waals surface area contributed by atoms with Crippen molar-refractivity contribution in [2.75, 3.05) is 6.54 Å². The Bertz CT molecular complexity index is 753. The Kier molecular flexibility index (Phi) is 4.71. The minimum atomic E-state index is -3.65. The molecule has 0 saturated carbocycles. The van der Waals surface area contributed by atoms with E-state index in [2.05, 4.69) is 9.82 Å². The molecule has 0 aliphatic rings. The zero-order valence-electron chi connectivity index (χ0n) is 11.5. The largest absolute Gasteiger partial charge is 0.389 e. The van der Waals surface area contributed by atoms with Gasteiger partial charge in [-0.1, -0.05) is 30.4 Å². The van der Waals surface area contributed by atoms with Crippen molar-refractivity contribution in [1.82, 2.24) is 14.5 Å². The first kappa shape index (κ1) is 15.6. The topological polar surface area (TPSA) is 90.0 Å². The highest BCUT2D eigenvalue weighted by molar-refractivity contribution is 7.89. The van der Waals surface area contributed by atoms with Crippen LogP contribution in [0.3, 0.4) is 0 Å². The van der Waals surface area contributed by atoms with Gasteiger partial charge in [0.15, 0.2) is 0 Å². The molecule has 0 aliphatic carbocycles. The Hall–Kier alpha value is -1.77. The highest BCUT2D eigenvalue weighted by Crippen LogP contribution is 2.15. The highest BCUT2D eigenvalue weighted by Gasteiger charge is 2.18. The van der Waals surface area contributed by atoms with Crippen molar-refractivity contribution in [3.8, 4) is 0 Å². The first-order chi connectivity index (χ1) is 9.90. The first-order valence-electron chi connectivity index (χ1n) is 6.27. The smallest absolute Gasteiger partial charge is 0.241 e. The standard InChI is InChI=1S/C13H16N4O2S2/c1-17-9-7-10(16-17)6-8-15-21(18,19)12-5-3-2-4-11(12)13(14)20/h2-5,7,9,15H,6,8H2,1H3,(H2,14,20). The van der Waals surface area contributed by atoms with E-state index in [9.17, 15) is 8.42 Å². The molecule has 6 nitrogen and oxygen atoms in total. The van der Waals surface area contributed by atoms with Crippen LogP contribution in [0.4, 0.5) is 0 Å². The Labute approximate surface area is 129 Å². The van der Waals surface area contributed by atoms with Crippen LogP contribution in [0, 0.1) is 0 Å². The van der Waals surface area contributed by atoms with Crippen LogP contribution in [-0.4, -0.2) is 29.7 Å². The van der Waals surface area contributed by atoms with E-state index < -0.39 is 10.0 Å². The molecule has 0 spiro atoms. The number of aromatic nitrogens is 2. The first-order valence-corrected chi connectivity index (χ1v) is 8.16. The van der Waals surface area contributed by atoms with Gasteiger partial charge < -0.3 is 5.73 Å². The molecule has 0 amide bonds. The van der Waals surface area contributed by atoms with Crippen LogP contribution in [0.25, 0.3) is 0 Å². The maximum atomic E-state index is 12.3. The maximum absolute atomic E-state index is 12.3. The van der Waals surface area contributed by atoms with Crippen molar-refractivity contribution in [2.45, 2.75) is 11.3 Å². The summed E-state index contributed by atoms with van der Waals surface area (Å²) in [5.41, 5.74) is 6.73. The van der Waals surface area contributed by atoms with E-state index in [0.29, 0.717) is 12.0 Å². The van der Waals surface area contributed by atoms with Gasteiger partial charge in [0, 0.05) is 31.8 Å². The number of hydrogen-bond donors (Lipinski definition) is 2. The molecule has 1 aromatic heterocycles. The van der Waals surface area contributed by atoms with E-state index in [4.69, 9.17) is 18.0 Å². The van der Waals surface area contributed by atoms with Gasteiger partial charge in [-0.3, -0.25) is 4.68 Å². The molecule has 8 heteroatoms. The molecule has 3 N–H and O–H groups in total. The summed E-state index contributed by atoms with van der Waals surface area (Å²) in [5, 5.41) is 4.19. The second-order valence-electron chi connectivity index (χ2n) is 4.49. The van der Waals surface area contributed by atoms with Gasteiger partial charge in [-0.2, -0.15) is 5.10 Å². The second kappa shape index (κ2) is 6.33. The normalized spacial score (nSPS) is 11.5. The van der Waals surface area contributed by atoms with Gasteiger partial charge >= 0.3 is 0 Å². The Morgan fingerprint density at radius 1 is 1.38 bits per heavy atom. The zero-order valence-corrected chi connectivity index (χ0v) is 13.1. The quantitative estimate of drug-likeness (QED) is 0.759. The lowest BCUT2D eigenvalue weighted by Crippen LogP contribution is -2.28. The van der Waals surface area contributed by atoms with Gasteiger partial charge in [0.2, 0.25) is 10.0 Å². The predicted molar refractivity (Wildman–Crippen MR) is 84.4 cm³/mol. The van der Waals surface area contributed by atoms with Gasteiger partial charge in [-0.05, 0) is 12.1 Å². The van der Waals surface area contributed by atoms with Crippen LogP contribution in [0.1, 0.15) is 11.3 Å². The number of nitrogens with zero attached hydrogens (tertiary/aromatic N) is 2. The van der Waals surface area contributed by atoms with Gasteiger partial charge in [-0.25, -0.2) is 13.1 Å². The lowest BCUT2D eigenvalue weighted by atomic mass is 10.2. The SMILES string of the molecule is Cn1ccc(CCNS(=O)(=O)c2ccccc2C(N)=S)n1. The molecule has 1 heterocycles. The monoisotopic (exact) mass is 324 g/mol. The van der Waals surface area contributed by atoms with Crippen LogP contribution >= 0.6 is 12.2 Å². The zero-order chi connectivity index (χ0) is 15.5. The minimum Gasteiger partial charge on any atom is -0.389 e. The third kappa shape index (κ3) is 3.87. The summed E-state index contributed by atoms with van der Waals surface area (Å²) >= 11 is 4.88. The summed E-state index contributed by atoms with van der Waals surface area (Å²) in [7, 11) is -1.84. The molecule has 0 saturated heterocycles. The molecule has 0 atom stereocenters. The molecule has 0 bridgehead atoms. The maximum Gasteiger partial charge on any atom is 0.241 e. The van der Waals surface area contributed by atoms with Crippen LogP contribution in [0.15, 0.2) is 41.4 Å². The molecular weight excluding hydrogens is 308 g/mol. The van der Waals surface area contributed by atoms with Crippen molar-refractivity contribution in [3.05, 3.63) is 47.8 Å². The van der Waals surface area contributed by atoms with Crippen LogP contribution in [0.2, 0.25) is 0 Å². The van der Waals surface area contributed by atoms with Crippen LogP contribution in [0.5, 0.6) is 0 Å². The Morgan fingerprint density at radius 3 is 2.71 bits per heavy atom. The molecule has 1 aromatic carbocycles. The second-order valence-corrected chi connectivity index (χ2v) is 6.66. The van der Waals surface area contributed by atoms with Crippen molar-refractivity contribution in [3.63, 3.8) is 0 Å². The van der Waals surface area contributed by atoms with E-state index in [1.54, 1.807) is 22.9 Å². The number of aryl methyl sites for hydroxylation is 1. The number of sulfonamides is 1. The number of rotatable bonds is 6. The molecule has 2 aromatic rings. The fraction of sp³-hybridized carbons (Fsp3) is 0.231. The number of benzene rings is 1. The van der Waals surface area contributed by atoms with Gasteiger partial charge in [0.25, 0.3) is 0 Å². The highest BCUT2D eigenvalue weighted by atomic mass is 32.2. The van der Waals surface area contributed by atoms with Crippen molar-refractivity contribution < 1.29 is 8.42 Å². The Morgan fingerprint density at radius 2 is 2.10 bits per heavy atom. The molecule has 21 heavy (non-hydrogen) atoms. The summed E-state index contributed by atoms with van der Waals surface area (Å²) in [6, 6.07) is 8.25. The molecule has 112 valence electrons. The molecule has 0 aliphatic heterocycles. The summed E-state index contributed by atoms with van der Waals surface area (Å²) in [6.07, 6.45) is 2.32. The third-order valence-electron chi connectivity index (χ3n) is 2.88. The molecule has 0 fully saturated rings. The summed E-state index contributed by atoms with van der Waals surface area (Å²) in [5.74, 6) is 0. The van der Waals surface area contributed by atoms with Gasteiger partial charge in [0.05, 0.1) is 10.6 Å².